The first kappa shape index (κ1) is 14.7. The van der Waals surface area contributed by atoms with Crippen LogP contribution in [0.3, 0.4) is 0 Å². The highest BCUT2D eigenvalue weighted by molar-refractivity contribution is 9.10. The summed E-state index contributed by atoms with van der Waals surface area (Å²) in [4.78, 5) is 12.6. The Morgan fingerprint density at radius 3 is 2.63 bits per heavy atom. The van der Waals surface area contributed by atoms with E-state index in [1.165, 1.54) is 0 Å². The highest BCUT2D eigenvalue weighted by Gasteiger charge is 2.41. The minimum Gasteiger partial charge on any atom is -0.370 e. The molecule has 1 saturated carbocycles. The molecule has 0 aromatic carbocycles. The van der Waals surface area contributed by atoms with Gasteiger partial charge in [-0.15, -0.1) is 0 Å². The standard InChI is InChI=1S/C14H21BrN2O2/c1-4-17-11(13(15)10(2)16-17)9-12(18)14(19-3)7-5-6-8-14/h4-9H2,1-3H3. The molecule has 4 nitrogen and oxygen atoms in total. The summed E-state index contributed by atoms with van der Waals surface area (Å²) >= 11 is 3.54. The van der Waals surface area contributed by atoms with Crippen LogP contribution in [0, 0.1) is 6.92 Å². The number of aryl methyl sites for hydroxylation is 2. The minimum atomic E-state index is -0.559. The topological polar surface area (TPSA) is 44.1 Å². The molecule has 0 radical (unpaired) electrons. The van der Waals surface area contributed by atoms with Crippen molar-refractivity contribution < 1.29 is 9.53 Å². The van der Waals surface area contributed by atoms with Crippen molar-refractivity contribution in [3.63, 3.8) is 0 Å². The molecule has 1 fully saturated rings. The van der Waals surface area contributed by atoms with Gasteiger partial charge in [0.05, 0.1) is 22.3 Å². The molecule has 1 aromatic rings. The zero-order valence-corrected chi connectivity index (χ0v) is 13.4. The van der Waals surface area contributed by atoms with Crippen molar-refractivity contribution in [3.8, 4) is 0 Å². The Hall–Kier alpha value is -0.680. The van der Waals surface area contributed by atoms with E-state index in [-0.39, 0.29) is 5.78 Å². The highest BCUT2D eigenvalue weighted by atomic mass is 79.9. The van der Waals surface area contributed by atoms with E-state index in [9.17, 15) is 4.79 Å². The molecule has 0 N–H and O–H groups in total. The van der Waals surface area contributed by atoms with Crippen molar-refractivity contribution in [2.45, 2.75) is 58.1 Å². The van der Waals surface area contributed by atoms with Crippen molar-refractivity contribution in [1.82, 2.24) is 9.78 Å². The number of halogens is 1. The van der Waals surface area contributed by atoms with Gasteiger partial charge in [-0.2, -0.15) is 5.10 Å². The van der Waals surface area contributed by atoms with Crippen LogP contribution in [0.1, 0.15) is 44.0 Å². The van der Waals surface area contributed by atoms with E-state index in [0.717, 1.165) is 48.1 Å². The van der Waals surface area contributed by atoms with Crippen LogP contribution in [0.5, 0.6) is 0 Å². The molecule has 19 heavy (non-hydrogen) atoms. The van der Waals surface area contributed by atoms with E-state index < -0.39 is 5.60 Å². The van der Waals surface area contributed by atoms with Crippen molar-refractivity contribution >= 4 is 21.7 Å². The molecule has 0 aliphatic heterocycles. The van der Waals surface area contributed by atoms with Crippen LogP contribution in [0.4, 0.5) is 0 Å². The van der Waals surface area contributed by atoms with Gasteiger partial charge in [0.2, 0.25) is 0 Å². The maximum absolute atomic E-state index is 12.6. The molecule has 0 amide bonds. The third-order valence-electron chi connectivity index (χ3n) is 4.09. The predicted octanol–water partition coefficient (Wildman–Crippen LogP) is 3.04. The number of carbonyl (C=O) groups is 1. The second kappa shape index (κ2) is 5.75. The Morgan fingerprint density at radius 1 is 1.47 bits per heavy atom. The molecule has 1 aromatic heterocycles. The van der Waals surface area contributed by atoms with Gasteiger partial charge in [0.1, 0.15) is 5.60 Å². The smallest absolute Gasteiger partial charge is 0.170 e. The number of methoxy groups -OCH3 is 1. The SMILES string of the molecule is CCn1nc(C)c(Br)c1CC(=O)C1(OC)CCCC1. The number of aromatic nitrogens is 2. The fraction of sp³-hybridized carbons (Fsp3) is 0.714. The summed E-state index contributed by atoms with van der Waals surface area (Å²) in [5, 5.41) is 4.43. The maximum atomic E-state index is 12.6. The molecule has 0 spiro atoms. The molecule has 1 aliphatic carbocycles. The van der Waals surface area contributed by atoms with Crippen molar-refractivity contribution in [2.24, 2.45) is 0 Å². The fourth-order valence-electron chi connectivity index (χ4n) is 2.89. The number of hydrogen-bond donors (Lipinski definition) is 0. The lowest BCUT2D eigenvalue weighted by Crippen LogP contribution is -2.39. The normalized spacial score (nSPS) is 17.9. The molecular formula is C14H21BrN2O2. The number of ketones is 1. The zero-order chi connectivity index (χ0) is 14.0. The Labute approximate surface area is 122 Å². The van der Waals surface area contributed by atoms with Crippen molar-refractivity contribution in [2.75, 3.05) is 7.11 Å². The zero-order valence-electron chi connectivity index (χ0n) is 11.8. The average Bonchev–Trinajstić information content (AvgIpc) is 2.99. The van der Waals surface area contributed by atoms with Gasteiger partial charge < -0.3 is 4.74 Å². The molecule has 1 heterocycles. The highest BCUT2D eigenvalue weighted by Crippen LogP contribution is 2.35. The van der Waals surface area contributed by atoms with Gasteiger partial charge in [0, 0.05) is 13.7 Å². The van der Waals surface area contributed by atoms with E-state index in [0.29, 0.717) is 6.42 Å². The number of ether oxygens (including phenoxy) is 1. The summed E-state index contributed by atoms with van der Waals surface area (Å²) in [7, 11) is 1.65. The lowest BCUT2D eigenvalue weighted by molar-refractivity contribution is -0.139. The summed E-state index contributed by atoms with van der Waals surface area (Å²) < 4.78 is 8.41. The number of carbonyl (C=O) groups excluding carboxylic acids is 1. The Morgan fingerprint density at radius 2 is 2.11 bits per heavy atom. The molecule has 0 bridgehead atoms. The predicted molar refractivity (Wildman–Crippen MR) is 77.3 cm³/mol. The van der Waals surface area contributed by atoms with Gasteiger partial charge in [-0.3, -0.25) is 9.48 Å². The monoisotopic (exact) mass is 328 g/mol. The molecule has 1 aliphatic rings. The van der Waals surface area contributed by atoms with Gasteiger partial charge in [-0.05, 0) is 55.5 Å². The van der Waals surface area contributed by atoms with Gasteiger partial charge in [-0.25, -0.2) is 0 Å². The molecule has 0 unspecified atom stereocenters. The van der Waals surface area contributed by atoms with E-state index >= 15 is 0 Å². The third-order valence-corrected chi connectivity index (χ3v) is 5.12. The van der Waals surface area contributed by atoms with Gasteiger partial charge in [0.25, 0.3) is 0 Å². The Kier molecular flexibility index (Phi) is 4.46. The number of Topliss-reactive ketones (excluding diaryl/α,β-unsaturated/α-hetero) is 1. The van der Waals surface area contributed by atoms with Crippen LogP contribution in [-0.4, -0.2) is 28.3 Å². The molecule has 0 atom stereocenters. The van der Waals surface area contributed by atoms with Crippen LogP contribution < -0.4 is 0 Å². The number of rotatable bonds is 5. The van der Waals surface area contributed by atoms with Gasteiger partial charge >= 0.3 is 0 Å². The summed E-state index contributed by atoms with van der Waals surface area (Å²) in [6.07, 6.45) is 4.24. The summed E-state index contributed by atoms with van der Waals surface area (Å²) in [6.45, 7) is 4.76. The van der Waals surface area contributed by atoms with Gasteiger partial charge in [0.15, 0.2) is 5.78 Å². The largest absolute Gasteiger partial charge is 0.370 e. The second-order valence-corrected chi connectivity index (χ2v) is 5.96. The van der Waals surface area contributed by atoms with Crippen molar-refractivity contribution in [1.29, 1.82) is 0 Å². The Bertz CT molecular complexity index is 476. The Balaban J connectivity index is 2.23. The van der Waals surface area contributed by atoms with Crippen LogP contribution in [0.15, 0.2) is 4.47 Å². The maximum Gasteiger partial charge on any atom is 0.170 e. The van der Waals surface area contributed by atoms with E-state index in [4.69, 9.17) is 4.74 Å². The number of nitrogens with zero attached hydrogens (tertiary/aromatic N) is 2. The molecule has 5 heteroatoms. The molecule has 2 rings (SSSR count). The molecule has 0 saturated heterocycles. The van der Waals surface area contributed by atoms with E-state index in [1.54, 1.807) is 7.11 Å². The third kappa shape index (κ3) is 2.63. The van der Waals surface area contributed by atoms with E-state index in [1.807, 2.05) is 18.5 Å². The first-order valence-electron chi connectivity index (χ1n) is 6.84. The first-order chi connectivity index (χ1) is 9.04. The molecule has 106 valence electrons. The summed E-state index contributed by atoms with van der Waals surface area (Å²) in [5.74, 6) is 0.183. The van der Waals surface area contributed by atoms with Crippen LogP contribution in [0.25, 0.3) is 0 Å². The van der Waals surface area contributed by atoms with Crippen LogP contribution >= 0.6 is 15.9 Å². The summed E-state index contributed by atoms with van der Waals surface area (Å²) in [5.41, 5.74) is 1.34. The van der Waals surface area contributed by atoms with Crippen LogP contribution in [0.2, 0.25) is 0 Å². The lowest BCUT2D eigenvalue weighted by atomic mass is 9.93. The minimum absolute atomic E-state index is 0.183. The fourth-order valence-corrected chi connectivity index (χ4v) is 3.32. The van der Waals surface area contributed by atoms with Crippen molar-refractivity contribution in [3.05, 3.63) is 15.9 Å². The van der Waals surface area contributed by atoms with E-state index in [2.05, 4.69) is 21.0 Å². The molecular weight excluding hydrogens is 308 g/mol. The first-order valence-corrected chi connectivity index (χ1v) is 7.63. The number of hydrogen-bond acceptors (Lipinski definition) is 3. The average molecular weight is 329 g/mol. The second-order valence-electron chi connectivity index (χ2n) is 5.17. The lowest BCUT2D eigenvalue weighted by Gasteiger charge is -2.25. The van der Waals surface area contributed by atoms with Crippen LogP contribution in [-0.2, 0) is 22.5 Å². The summed E-state index contributed by atoms with van der Waals surface area (Å²) in [6, 6.07) is 0. The van der Waals surface area contributed by atoms with Gasteiger partial charge in [-0.1, -0.05) is 0 Å². The quantitative estimate of drug-likeness (QED) is 0.834.